The Morgan fingerprint density at radius 3 is 2.27 bits per heavy atom. The summed E-state index contributed by atoms with van der Waals surface area (Å²) < 4.78 is 0. The molecule has 138 valence electrons. The predicted molar refractivity (Wildman–Crippen MR) is 101 cm³/mol. The lowest BCUT2D eigenvalue weighted by Gasteiger charge is -2.38. The Kier molecular flexibility index (Phi) is 6.36. The van der Waals surface area contributed by atoms with Crippen LogP contribution >= 0.6 is 0 Å². The number of pyridine rings is 1. The highest BCUT2D eigenvalue weighted by molar-refractivity contribution is 5.62. The van der Waals surface area contributed by atoms with Crippen LogP contribution in [0.15, 0.2) is 48.8 Å². The normalized spacial score (nSPS) is 24.6. The molecule has 26 heavy (non-hydrogen) atoms. The third-order valence-electron chi connectivity index (χ3n) is 5.55. The Morgan fingerprint density at radius 1 is 1.08 bits per heavy atom. The monoisotopic (exact) mass is 354 g/mol. The molecule has 0 amide bonds. The van der Waals surface area contributed by atoms with Crippen LogP contribution in [-0.2, 0) is 11.3 Å². The molecule has 1 aromatic carbocycles. The van der Waals surface area contributed by atoms with Crippen molar-refractivity contribution < 1.29 is 15.0 Å². The molecule has 0 radical (unpaired) electrons. The average Bonchev–Trinajstić information content (AvgIpc) is 2.91. The molecule has 5 nitrogen and oxygen atoms in total. The molecule has 5 heteroatoms. The highest BCUT2D eigenvalue weighted by Crippen LogP contribution is 2.39. The Balaban J connectivity index is 0.000000613. The lowest BCUT2D eigenvalue weighted by Crippen LogP contribution is -2.43. The predicted octanol–water partition coefficient (Wildman–Crippen LogP) is 3.18. The smallest absolute Gasteiger partial charge is 0.290 e. The van der Waals surface area contributed by atoms with Crippen LogP contribution in [0.5, 0.6) is 0 Å². The van der Waals surface area contributed by atoms with Crippen molar-refractivity contribution in [2.24, 2.45) is 5.92 Å². The summed E-state index contributed by atoms with van der Waals surface area (Å²) >= 11 is 0. The summed E-state index contributed by atoms with van der Waals surface area (Å²) in [7, 11) is 0. The minimum atomic E-state index is -0.250. The summed E-state index contributed by atoms with van der Waals surface area (Å²) in [4.78, 5) is 15.2. The van der Waals surface area contributed by atoms with Crippen LogP contribution < -0.4 is 0 Å². The van der Waals surface area contributed by atoms with Crippen LogP contribution in [0.1, 0.15) is 31.2 Å². The lowest BCUT2D eigenvalue weighted by atomic mass is 9.91. The highest BCUT2D eigenvalue weighted by Gasteiger charge is 2.40. The van der Waals surface area contributed by atoms with Gasteiger partial charge in [-0.25, -0.2) is 0 Å². The largest absolute Gasteiger partial charge is 0.483 e. The van der Waals surface area contributed by atoms with Gasteiger partial charge in [-0.15, -0.1) is 0 Å². The molecule has 0 saturated carbocycles. The summed E-state index contributed by atoms with van der Waals surface area (Å²) in [6, 6.07) is 14.3. The molecule has 0 spiro atoms. The second kappa shape index (κ2) is 8.92. The fourth-order valence-electron chi connectivity index (χ4n) is 4.34. The number of carbonyl (C=O) groups is 1. The number of fused-ring (bicyclic) bond motifs is 2. The van der Waals surface area contributed by atoms with Gasteiger partial charge in [0.2, 0.25) is 0 Å². The van der Waals surface area contributed by atoms with Gasteiger partial charge in [0, 0.05) is 37.6 Å². The summed E-state index contributed by atoms with van der Waals surface area (Å²) in [6.45, 7) is 1.15. The Morgan fingerprint density at radius 2 is 1.73 bits per heavy atom. The second-order valence-corrected chi connectivity index (χ2v) is 7.12. The average molecular weight is 354 g/mol. The molecule has 2 N–H and O–H groups in total. The number of nitrogens with zero attached hydrogens (tertiary/aromatic N) is 2. The maximum absolute atomic E-state index is 9.45. The van der Waals surface area contributed by atoms with Crippen molar-refractivity contribution in [2.45, 2.75) is 44.3 Å². The second-order valence-electron chi connectivity index (χ2n) is 7.12. The first-order chi connectivity index (χ1) is 12.7. The van der Waals surface area contributed by atoms with Crippen LogP contribution in [0.25, 0.3) is 11.1 Å². The summed E-state index contributed by atoms with van der Waals surface area (Å²) in [5, 5.41) is 16.3. The quantitative estimate of drug-likeness (QED) is 0.825. The van der Waals surface area contributed by atoms with Crippen molar-refractivity contribution in [3.05, 3.63) is 54.4 Å². The summed E-state index contributed by atoms with van der Waals surface area (Å²) in [5.41, 5.74) is 3.78. The molecule has 4 rings (SSSR count). The van der Waals surface area contributed by atoms with E-state index in [1.165, 1.54) is 42.4 Å². The molecule has 1 unspecified atom stereocenters. The van der Waals surface area contributed by atoms with Crippen molar-refractivity contribution in [3.63, 3.8) is 0 Å². The van der Waals surface area contributed by atoms with Crippen molar-refractivity contribution >= 4 is 6.47 Å². The first-order valence-electron chi connectivity index (χ1n) is 9.19. The number of hydrogen-bond donors (Lipinski definition) is 2. The zero-order valence-electron chi connectivity index (χ0n) is 14.9. The van der Waals surface area contributed by atoms with Crippen molar-refractivity contribution in [1.29, 1.82) is 0 Å². The van der Waals surface area contributed by atoms with Crippen LogP contribution in [0.2, 0.25) is 0 Å². The van der Waals surface area contributed by atoms with E-state index < -0.39 is 0 Å². The lowest BCUT2D eigenvalue weighted by molar-refractivity contribution is -0.122. The number of rotatable bonds is 4. The molecular formula is C21H26N2O3. The van der Waals surface area contributed by atoms with Gasteiger partial charge < -0.3 is 10.2 Å². The van der Waals surface area contributed by atoms with Gasteiger partial charge in [0.15, 0.2) is 0 Å². The number of aliphatic hydroxyl groups excluding tert-OH is 1. The van der Waals surface area contributed by atoms with Crippen LogP contribution in [0.3, 0.4) is 0 Å². The van der Waals surface area contributed by atoms with Gasteiger partial charge in [0.05, 0.1) is 0 Å². The van der Waals surface area contributed by atoms with Crippen molar-refractivity contribution in [3.8, 4) is 11.1 Å². The van der Waals surface area contributed by atoms with Crippen LogP contribution in [-0.4, -0.2) is 45.3 Å². The van der Waals surface area contributed by atoms with Gasteiger partial charge >= 0.3 is 0 Å². The minimum absolute atomic E-state index is 0.250. The van der Waals surface area contributed by atoms with E-state index in [1.807, 2.05) is 18.5 Å². The maximum Gasteiger partial charge on any atom is 0.290 e. The molecule has 2 aromatic rings. The van der Waals surface area contributed by atoms with Gasteiger partial charge in [0.25, 0.3) is 6.47 Å². The number of aromatic nitrogens is 1. The van der Waals surface area contributed by atoms with E-state index in [0.717, 1.165) is 6.54 Å². The molecule has 0 aliphatic carbocycles. The van der Waals surface area contributed by atoms with Crippen LogP contribution in [0, 0.1) is 5.92 Å². The minimum Gasteiger partial charge on any atom is -0.483 e. The molecule has 3 heterocycles. The van der Waals surface area contributed by atoms with E-state index in [2.05, 4.69) is 40.2 Å². The molecule has 2 aliphatic rings. The highest BCUT2D eigenvalue weighted by atomic mass is 16.3. The van der Waals surface area contributed by atoms with Crippen molar-refractivity contribution in [1.82, 2.24) is 9.88 Å². The molecule has 1 aromatic heterocycles. The summed E-state index contributed by atoms with van der Waals surface area (Å²) in [5.74, 6) is 0.525. The third-order valence-corrected chi connectivity index (χ3v) is 5.55. The fourth-order valence-corrected chi connectivity index (χ4v) is 4.34. The van der Waals surface area contributed by atoms with E-state index in [4.69, 9.17) is 9.90 Å². The van der Waals surface area contributed by atoms with Gasteiger partial charge in [0.1, 0.15) is 0 Å². The summed E-state index contributed by atoms with van der Waals surface area (Å²) in [6.07, 6.45) is 8.66. The molecule has 3 atom stereocenters. The van der Waals surface area contributed by atoms with E-state index in [1.54, 1.807) is 0 Å². The van der Waals surface area contributed by atoms with Gasteiger partial charge in [-0.2, -0.15) is 0 Å². The number of hydrogen-bond acceptors (Lipinski definition) is 4. The Labute approximate surface area is 154 Å². The van der Waals surface area contributed by atoms with E-state index >= 15 is 0 Å². The Bertz CT molecular complexity index is 676. The number of carboxylic acid groups (broad SMARTS) is 1. The molecule has 2 bridgehead atoms. The maximum atomic E-state index is 9.45. The first kappa shape index (κ1) is 18.5. The van der Waals surface area contributed by atoms with Crippen LogP contribution in [0.4, 0.5) is 0 Å². The third kappa shape index (κ3) is 4.29. The van der Waals surface area contributed by atoms with Gasteiger partial charge in [-0.3, -0.25) is 14.7 Å². The molecule has 2 fully saturated rings. The van der Waals surface area contributed by atoms with E-state index in [9.17, 15) is 5.11 Å². The van der Waals surface area contributed by atoms with Gasteiger partial charge in [-0.05, 0) is 54.4 Å². The van der Waals surface area contributed by atoms with E-state index in [-0.39, 0.29) is 6.47 Å². The number of piperidine rings is 1. The first-order valence-corrected chi connectivity index (χ1v) is 9.19. The topological polar surface area (TPSA) is 73.7 Å². The number of benzene rings is 1. The zero-order chi connectivity index (χ0) is 18.4. The molecule has 2 saturated heterocycles. The SMILES string of the molecule is O=CO.OCC1C[C@H]2CC[C@@H](C1)N2Cc1ccc(-c2cccnc2)cc1. The fraction of sp³-hybridized carbons (Fsp3) is 0.429. The zero-order valence-corrected chi connectivity index (χ0v) is 14.9. The molecule has 2 aliphatic heterocycles. The van der Waals surface area contributed by atoms with Crippen molar-refractivity contribution in [2.75, 3.05) is 6.61 Å². The van der Waals surface area contributed by atoms with E-state index in [0.29, 0.717) is 24.6 Å². The standard InChI is InChI=1S/C20H24N2O.CH2O2/c23-14-16-10-19-7-8-20(11-16)22(19)13-15-3-5-17(6-4-15)18-2-1-9-21-12-18;2-1-3/h1-6,9,12,16,19-20,23H,7-8,10-11,13-14H2;1H,(H,2,3)/t16?,19-,20+;. The molecular weight excluding hydrogens is 328 g/mol. The van der Waals surface area contributed by atoms with Gasteiger partial charge in [-0.1, -0.05) is 30.3 Å². The number of aliphatic hydroxyl groups is 1. The Hall–Kier alpha value is -2.24.